The van der Waals surface area contributed by atoms with E-state index in [0.29, 0.717) is 25.1 Å². The molecule has 2 saturated heterocycles. The van der Waals surface area contributed by atoms with Crippen LogP contribution >= 0.6 is 0 Å². The van der Waals surface area contributed by atoms with Crippen molar-refractivity contribution in [1.29, 1.82) is 0 Å². The van der Waals surface area contributed by atoms with Gasteiger partial charge in [0.1, 0.15) is 34.6 Å². The van der Waals surface area contributed by atoms with Gasteiger partial charge < -0.3 is 15.3 Å². The molecule has 252 valence electrons. The number of rotatable bonds is 4. The highest BCUT2D eigenvalue weighted by molar-refractivity contribution is 5.93. The molecule has 4 fully saturated rings. The van der Waals surface area contributed by atoms with E-state index in [1.807, 2.05) is 0 Å². The Labute approximate surface area is 272 Å². The number of aliphatic hydroxyl groups excluding tert-OH is 1. The molecule has 2 aliphatic heterocycles. The third kappa shape index (κ3) is 7.33. The van der Waals surface area contributed by atoms with E-state index in [9.17, 15) is 31.9 Å². The standard InChI is InChI=1S/C25H28F3N3O.C12H14F2O/c26-18-5-7-21(8-6-18)31-16-29-24(32)25(31)9-11-30(12-10-25)23-4-2-1-3-22(23)17-13-19(27)15-20(28)14-17;13-9-5-8(6-10(14)7-9)11-3-1-2-4-12(11)15/h5-8,13-15,22-23H,1-4,9-12,16H2,(H,29,32);5-7,11-12,15H,1-4H2. The Bertz CT molecular complexity index is 1500. The molecule has 0 bridgehead atoms. The van der Waals surface area contributed by atoms with Crippen LogP contribution in [0.4, 0.5) is 27.6 Å². The molecule has 1 spiro atoms. The lowest BCUT2D eigenvalue weighted by Crippen LogP contribution is -2.58. The van der Waals surface area contributed by atoms with Crippen LogP contribution in [0.2, 0.25) is 0 Å². The molecule has 2 saturated carbocycles. The normalized spacial score (nSPS) is 26.1. The Morgan fingerprint density at radius 3 is 1.74 bits per heavy atom. The van der Waals surface area contributed by atoms with Gasteiger partial charge in [0.25, 0.3) is 0 Å². The highest BCUT2D eigenvalue weighted by atomic mass is 19.1. The monoisotopic (exact) mass is 655 g/mol. The van der Waals surface area contributed by atoms with E-state index < -0.39 is 34.9 Å². The first-order chi connectivity index (χ1) is 22.6. The first kappa shape index (κ1) is 33.4. The summed E-state index contributed by atoms with van der Waals surface area (Å²) in [4.78, 5) is 17.4. The summed E-state index contributed by atoms with van der Waals surface area (Å²) >= 11 is 0. The summed E-state index contributed by atoms with van der Waals surface area (Å²) in [5.41, 5.74) is 1.52. The molecule has 2 aliphatic carbocycles. The smallest absolute Gasteiger partial charge is 0.247 e. The summed E-state index contributed by atoms with van der Waals surface area (Å²) in [5.74, 6) is -2.48. The van der Waals surface area contributed by atoms with E-state index in [1.165, 1.54) is 36.4 Å². The minimum Gasteiger partial charge on any atom is -0.392 e. The maximum absolute atomic E-state index is 13.9. The van der Waals surface area contributed by atoms with Crippen LogP contribution < -0.4 is 10.2 Å². The van der Waals surface area contributed by atoms with Crippen molar-refractivity contribution in [3.63, 3.8) is 0 Å². The minimum absolute atomic E-state index is 0.0221. The van der Waals surface area contributed by atoms with E-state index in [4.69, 9.17) is 0 Å². The molecule has 7 rings (SSSR count). The quantitative estimate of drug-likeness (QED) is 0.285. The molecule has 2 N–H and O–H groups in total. The zero-order valence-electron chi connectivity index (χ0n) is 26.4. The van der Waals surface area contributed by atoms with Crippen LogP contribution in [-0.4, -0.2) is 53.4 Å². The van der Waals surface area contributed by atoms with Crippen molar-refractivity contribution < 1.29 is 31.9 Å². The number of halogens is 5. The van der Waals surface area contributed by atoms with Crippen molar-refractivity contribution in [2.24, 2.45) is 0 Å². The third-order valence-corrected chi connectivity index (χ3v) is 10.7. The Balaban J connectivity index is 0.000000215. The summed E-state index contributed by atoms with van der Waals surface area (Å²) in [6.07, 6.45) is 8.47. The summed E-state index contributed by atoms with van der Waals surface area (Å²) in [7, 11) is 0. The number of carbonyl (C=O) groups is 1. The third-order valence-electron chi connectivity index (χ3n) is 10.7. The average Bonchev–Trinajstić information content (AvgIpc) is 3.36. The number of hydrogen-bond acceptors (Lipinski definition) is 4. The van der Waals surface area contributed by atoms with Gasteiger partial charge in [-0.2, -0.15) is 0 Å². The van der Waals surface area contributed by atoms with Crippen LogP contribution in [0, 0.1) is 29.1 Å². The Morgan fingerprint density at radius 2 is 1.17 bits per heavy atom. The van der Waals surface area contributed by atoms with Crippen LogP contribution in [0.5, 0.6) is 0 Å². The second kappa shape index (κ2) is 14.3. The van der Waals surface area contributed by atoms with Gasteiger partial charge in [0, 0.05) is 42.9 Å². The van der Waals surface area contributed by atoms with Crippen molar-refractivity contribution in [3.05, 3.63) is 101 Å². The molecule has 3 aromatic carbocycles. The lowest BCUT2D eigenvalue weighted by molar-refractivity contribution is -0.125. The summed E-state index contributed by atoms with van der Waals surface area (Å²) in [5, 5.41) is 12.7. The Morgan fingerprint density at radius 1 is 0.660 bits per heavy atom. The van der Waals surface area contributed by atoms with Crippen molar-refractivity contribution >= 4 is 11.6 Å². The summed E-state index contributed by atoms with van der Waals surface area (Å²) in [6.45, 7) is 1.90. The second-order valence-corrected chi connectivity index (χ2v) is 13.5. The minimum atomic E-state index is -0.635. The molecule has 0 radical (unpaired) electrons. The van der Waals surface area contributed by atoms with Gasteiger partial charge in [-0.1, -0.05) is 25.7 Å². The first-order valence-electron chi connectivity index (χ1n) is 16.8. The number of anilines is 1. The fourth-order valence-corrected chi connectivity index (χ4v) is 8.29. The first-order valence-corrected chi connectivity index (χ1v) is 16.8. The lowest BCUT2D eigenvalue weighted by Gasteiger charge is -2.48. The average molecular weight is 656 g/mol. The van der Waals surface area contributed by atoms with Crippen molar-refractivity contribution in [2.45, 2.75) is 93.7 Å². The molecule has 4 unspecified atom stereocenters. The van der Waals surface area contributed by atoms with E-state index in [0.717, 1.165) is 87.8 Å². The molecule has 0 aromatic heterocycles. The number of carbonyl (C=O) groups excluding carboxylic acids is 1. The predicted octanol–water partition coefficient (Wildman–Crippen LogP) is 7.54. The number of nitrogens with one attached hydrogen (secondary N) is 1. The molecule has 2 heterocycles. The van der Waals surface area contributed by atoms with Crippen LogP contribution in [0.1, 0.15) is 87.2 Å². The highest BCUT2D eigenvalue weighted by Gasteiger charge is 2.51. The highest BCUT2D eigenvalue weighted by Crippen LogP contribution is 2.42. The maximum Gasteiger partial charge on any atom is 0.247 e. The number of benzene rings is 3. The van der Waals surface area contributed by atoms with Crippen LogP contribution in [0.25, 0.3) is 0 Å². The molecule has 4 atom stereocenters. The number of nitrogens with zero attached hydrogens (tertiary/aromatic N) is 2. The number of aliphatic hydroxyl groups is 1. The molecule has 5 nitrogen and oxygen atoms in total. The molecule has 4 aliphatic rings. The summed E-state index contributed by atoms with van der Waals surface area (Å²) in [6, 6.07) is 13.9. The fraction of sp³-hybridized carbons (Fsp3) is 0.486. The predicted molar refractivity (Wildman–Crippen MR) is 170 cm³/mol. The molecular formula is C37H42F5N3O2. The molecular weight excluding hydrogens is 613 g/mol. The zero-order chi connectivity index (χ0) is 33.1. The molecule has 1 amide bonds. The van der Waals surface area contributed by atoms with E-state index in [2.05, 4.69) is 15.1 Å². The van der Waals surface area contributed by atoms with Crippen LogP contribution in [-0.2, 0) is 4.79 Å². The fourth-order valence-electron chi connectivity index (χ4n) is 8.29. The second-order valence-electron chi connectivity index (χ2n) is 13.5. The SMILES string of the molecule is O=C1NCN(c2ccc(F)cc2)C12CCN(C1CCCCC1c1cc(F)cc(F)c1)CC2.OC1CCCCC1c1cc(F)cc(F)c1. The van der Waals surface area contributed by atoms with Gasteiger partial charge in [0.05, 0.1) is 12.8 Å². The summed E-state index contributed by atoms with van der Waals surface area (Å²) < 4.78 is 67.2. The molecule has 47 heavy (non-hydrogen) atoms. The van der Waals surface area contributed by atoms with Crippen LogP contribution in [0.15, 0.2) is 60.7 Å². The number of likely N-dealkylation sites (tertiary alicyclic amines) is 1. The van der Waals surface area contributed by atoms with Gasteiger partial charge in [-0.3, -0.25) is 9.69 Å². The van der Waals surface area contributed by atoms with Gasteiger partial charge in [0.2, 0.25) is 5.91 Å². The van der Waals surface area contributed by atoms with E-state index in [1.54, 1.807) is 12.1 Å². The van der Waals surface area contributed by atoms with Crippen LogP contribution in [0.3, 0.4) is 0 Å². The lowest BCUT2D eigenvalue weighted by atomic mass is 9.77. The number of piperidine rings is 1. The van der Waals surface area contributed by atoms with Crippen molar-refractivity contribution in [1.82, 2.24) is 10.2 Å². The largest absolute Gasteiger partial charge is 0.392 e. The Hall–Kier alpha value is -3.50. The van der Waals surface area contributed by atoms with Gasteiger partial charge in [-0.15, -0.1) is 0 Å². The number of amides is 1. The van der Waals surface area contributed by atoms with E-state index >= 15 is 0 Å². The van der Waals surface area contributed by atoms with Gasteiger partial charge in [-0.25, -0.2) is 22.0 Å². The van der Waals surface area contributed by atoms with Gasteiger partial charge >= 0.3 is 0 Å². The van der Waals surface area contributed by atoms with Crippen molar-refractivity contribution in [3.8, 4) is 0 Å². The number of hydrogen-bond donors (Lipinski definition) is 2. The van der Waals surface area contributed by atoms with Crippen molar-refractivity contribution in [2.75, 3.05) is 24.7 Å². The molecule has 3 aromatic rings. The van der Waals surface area contributed by atoms with E-state index in [-0.39, 0.29) is 29.6 Å². The topological polar surface area (TPSA) is 55.8 Å². The van der Waals surface area contributed by atoms with Gasteiger partial charge in [-0.05, 0) is 104 Å². The zero-order valence-corrected chi connectivity index (χ0v) is 26.4. The Kier molecular flexibility index (Phi) is 10.2. The van der Waals surface area contributed by atoms with Gasteiger partial charge in [0.15, 0.2) is 0 Å². The molecule has 10 heteroatoms. The maximum atomic E-state index is 13.9.